The molecule has 5 heteroatoms. The van der Waals surface area contributed by atoms with Gasteiger partial charge in [0, 0.05) is 30.2 Å². The van der Waals surface area contributed by atoms with E-state index < -0.39 is 0 Å². The number of amides is 1. The zero-order chi connectivity index (χ0) is 11.7. The molecule has 1 amide bonds. The second-order valence-corrected chi connectivity index (χ2v) is 4.96. The highest BCUT2D eigenvalue weighted by Crippen LogP contribution is 2.24. The number of benzene rings is 1. The fourth-order valence-electron chi connectivity index (χ4n) is 1.56. The minimum atomic E-state index is 0.00250. The number of carbonyl (C=O) groups excluding carboxylic acids is 1. The third-order valence-corrected chi connectivity index (χ3v) is 3.87. The molecule has 1 saturated heterocycles. The maximum Gasteiger partial charge on any atom is 0.254 e. The molecular formula is C11H11BrClNO2. The molecule has 1 aromatic rings. The normalized spacial score (nSPS) is 16.1. The molecule has 1 aliphatic rings. The van der Waals surface area contributed by atoms with Gasteiger partial charge in [-0.25, -0.2) is 0 Å². The molecule has 1 fully saturated rings. The van der Waals surface area contributed by atoms with Crippen molar-refractivity contribution in [2.75, 3.05) is 20.2 Å². The maximum absolute atomic E-state index is 11.9. The Hall–Kier alpha value is -0.580. The molecule has 0 spiro atoms. The Morgan fingerprint density at radius 2 is 2.25 bits per heavy atom. The van der Waals surface area contributed by atoms with Gasteiger partial charge in [-0.3, -0.25) is 4.79 Å². The van der Waals surface area contributed by atoms with Crippen LogP contribution < -0.4 is 0 Å². The van der Waals surface area contributed by atoms with Gasteiger partial charge in [0.1, 0.15) is 0 Å². The highest BCUT2D eigenvalue weighted by Gasteiger charge is 2.31. The fourth-order valence-corrected chi connectivity index (χ4v) is 1.99. The summed E-state index contributed by atoms with van der Waals surface area (Å²) < 4.78 is 5.91. The summed E-state index contributed by atoms with van der Waals surface area (Å²) in [7, 11) is 1.66. The van der Waals surface area contributed by atoms with Crippen molar-refractivity contribution in [3.8, 4) is 0 Å². The van der Waals surface area contributed by atoms with E-state index in [4.69, 9.17) is 16.3 Å². The predicted octanol–water partition coefficient (Wildman–Crippen LogP) is 2.57. The van der Waals surface area contributed by atoms with Crippen molar-refractivity contribution in [2.45, 2.75) is 6.10 Å². The first-order valence-corrected chi connectivity index (χ1v) is 6.06. The smallest absolute Gasteiger partial charge is 0.254 e. The first-order chi connectivity index (χ1) is 7.61. The van der Waals surface area contributed by atoms with E-state index in [2.05, 4.69) is 15.9 Å². The Labute approximate surface area is 107 Å². The summed E-state index contributed by atoms with van der Waals surface area (Å²) in [6.07, 6.45) is 0.176. The molecule has 0 N–H and O–H groups in total. The lowest BCUT2D eigenvalue weighted by molar-refractivity contribution is -0.0191. The first-order valence-electron chi connectivity index (χ1n) is 4.89. The van der Waals surface area contributed by atoms with E-state index in [1.807, 2.05) is 0 Å². The van der Waals surface area contributed by atoms with Crippen molar-refractivity contribution in [3.63, 3.8) is 0 Å². The number of likely N-dealkylation sites (tertiary alicyclic amines) is 1. The van der Waals surface area contributed by atoms with Gasteiger partial charge in [-0.1, -0.05) is 11.6 Å². The van der Waals surface area contributed by atoms with Crippen LogP contribution in [0.5, 0.6) is 0 Å². The molecule has 1 aliphatic heterocycles. The molecule has 1 heterocycles. The number of ether oxygens (including phenoxy) is 1. The van der Waals surface area contributed by atoms with Crippen molar-refractivity contribution in [1.29, 1.82) is 0 Å². The number of hydrogen-bond acceptors (Lipinski definition) is 2. The Bertz CT molecular complexity index is 418. The van der Waals surface area contributed by atoms with Gasteiger partial charge in [0.05, 0.1) is 11.1 Å². The Morgan fingerprint density at radius 3 is 2.81 bits per heavy atom. The van der Waals surface area contributed by atoms with Gasteiger partial charge in [0.15, 0.2) is 0 Å². The number of rotatable bonds is 2. The number of halogens is 2. The quantitative estimate of drug-likeness (QED) is 0.840. The minimum absolute atomic E-state index is 0.00250. The molecule has 16 heavy (non-hydrogen) atoms. The standard InChI is InChI=1S/C11H11BrClNO2/c1-16-8-5-14(6-8)11(15)7-2-3-9(12)10(13)4-7/h2-4,8H,5-6H2,1H3. The summed E-state index contributed by atoms with van der Waals surface area (Å²) in [6.45, 7) is 1.31. The van der Waals surface area contributed by atoms with Crippen LogP contribution in [0.4, 0.5) is 0 Å². The van der Waals surface area contributed by atoms with Crippen LogP contribution in [-0.2, 0) is 4.74 Å². The van der Waals surface area contributed by atoms with Crippen LogP contribution in [0.1, 0.15) is 10.4 Å². The number of carbonyl (C=O) groups is 1. The maximum atomic E-state index is 11.9. The molecule has 0 bridgehead atoms. The fraction of sp³-hybridized carbons (Fsp3) is 0.364. The average molecular weight is 305 g/mol. The van der Waals surface area contributed by atoms with E-state index in [1.54, 1.807) is 30.2 Å². The van der Waals surface area contributed by atoms with Crippen molar-refractivity contribution in [2.24, 2.45) is 0 Å². The second kappa shape index (κ2) is 4.73. The first kappa shape index (κ1) is 11.9. The summed E-state index contributed by atoms with van der Waals surface area (Å²) in [6, 6.07) is 5.22. The summed E-state index contributed by atoms with van der Waals surface area (Å²) in [5, 5.41) is 0.551. The average Bonchev–Trinajstić information content (AvgIpc) is 2.20. The number of methoxy groups -OCH3 is 1. The molecule has 0 unspecified atom stereocenters. The molecule has 2 rings (SSSR count). The van der Waals surface area contributed by atoms with Gasteiger partial charge < -0.3 is 9.64 Å². The predicted molar refractivity (Wildman–Crippen MR) is 65.9 cm³/mol. The lowest BCUT2D eigenvalue weighted by atomic mass is 10.1. The van der Waals surface area contributed by atoms with E-state index in [0.29, 0.717) is 23.7 Å². The highest BCUT2D eigenvalue weighted by atomic mass is 79.9. The van der Waals surface area contributed by atoms with E-state index in [0.717, 1.165) is 4.47 Å². The van der Waals surface area contributed by atoms with E-state index in [1.165, 1.54) is 0 Å². The molecule has 0 aromatic heterocycles. The van der Waals surface area contributed by atoms with Crippen LogP contribution in [0.25, 0.3) is 0 Å². The van der Waals surface area contributed by atoms with E-state index >= 15 is 0 Å². The SMILES string of the molecule is COC1CN(C(=O)c2ccc(Br)c(Cl)c2)C1. The van der Waals surface area contributed by atoms with Gasteiger partial charge in [0.25, 0.3) is 5.91 Å². The third-order valence-electron chi connectivity index (χ3n) is 2.64. The zero-order valence-corrected chi connectivity index (χ0v) is 11.1. The Balaban J connectivity index is 2.07. The minimum Gasteiger partial charge on any atom is -0.378 e. The van der Waals surface area contributed by atoms with Crippen LogP contribution in [0.2, 0.25) is 5.02 Å². The van der Waals surface area contributed by atoms with Crippen molar-refractivity contribution < 1.29 is 9.53 Å². The summed E-state index contributed by atoms with van der Waals surface area (Å²) in [5.74, 6) is 0.00250. The van der Waals surface area contributed by atoms with E-state index in [-0.39, 0.29) is 12.0 Å². The van der Waals surface area contributed by atoms with Gasteiger partial charge in [0.2, 0.25) is 0 Å². The van der Waals surface area contributed by atoms with E-state index in [9.17, 15) is 4.79 Å². The zero-order valence-electron chi connectivity index (χ0n) is 8.74. The highest BCUT2D eigenvalue weighted by molar-refractivity contribution is 9.10. The molecule has 0 saturated carbocycles. The largest absolute Gasteiger partial charge is 0.378 e. The van der Waals surface area contributed by atoms with Crippen LogP contribution in [0, 0.1) is 0 Å². The number of hydrogen-bond donors (Lipinski definition) is 0. The molecule has 1 aromatic carbocycles. The topological polar surface area (TPSA) is 29.5 Å². The molecule has 0 aliphatic carbocycles. The van der Waals surface area contributed by atoms with Crippen LogP contribution in [-0.4, -0.2) is 37.1 Å². The number of nitrogens with zero attached hydrogens (tertiary/aromatic N) is 1. The molecule has 3 nitrogen and oxygen atoms in total. The van der Waals surface area contributed by atoms with Gasteiger partial charge in [-0.05, 0) is 34.1 Å². The monoisotopic (exact) mass is 303 g/mol. The van der Waals surface area contributed by atoms with Crippen LogP contribution in [0.15, 0.2) is 22.7 Å². The molecule has 0 radical (unpaired) electrons. The molecular weight excluding hydrogens is 293 g/mol. The second-order valence-electron chi connectivity index (χ2n) is 3.70. The lowest BCUT2D eigenvalue weighted by Gasteiger charge is -2.38. The van der Waals surface area contributed by atoms with Gasteiger partial charge in [-0.15, -0.1) is 0 Å². The molecule has 0 atom stereocenters. The third kappa shape index (κ3) is 2.24. The van der Waals surface area contributed by atoms with Crippen molar-refractivity contribution in [1.82, 2.24) is 4.90 Å². The Kier molecular flexibility index (Phi) is 3.52. The van der Waals surface area contributed by atoms with Crippen LogP contribution >= 0.6 is 27.5 Å². The summed E-state index contributed by atoms with van der Waals surface area (Å²) in [4.78, 5) is 13.7. The van der Waals surface area contributed by atoms with Gasteiger partial charge in [-0.2, -0.15) is 0 Å². The Morgan fingerprint density at radius 1 is 1.56 bits per heavy atom. The van der Waals surface area contributed by atoms with Crippen molar-refractivity contribution in [3.05, 3.63) is 33.3 Å². The van der Waals surface area contributed by atoms with Gasteiger partial charge >= 0.3 is 0 Å². The van der Waals surface area contributed by atoms with Crippen LogP contribution in [0.3, 0.4) is 0 Å². The molecule has 86 valence electrons. The summed E-state index contributed by atoms with van der Waals surface area (Å²) >= 11 is 9.23. The van der Waals surface area contributed by atoms with Crippen molar-refractivity contribution >= 4 is 33.4 Å². The lowest BCUT2D eigenvalue weighted by Crippen LogP contribution is -2.54. The summed E-state index contributed by atoms with van der Waals surface area (Å²) in [5.41, 5.74) is 0.614.